The van der Waals surface area contributed by atoms with Gasteiger partial charge in [-0.25, -0.2) is 4.79 Å². The Morgan fingerprint density at radius 3 is 2.52 bits per heavy atom. The molecule has 1 saturated heterocycles. The van der Waals surface area contributed by atoms with E-state index in [1.807, 2.05) is 0 Å². The Bertz CT molecular complexity index is 577. The van der Waals surface area contributed by atoms with Crippen LogP contribution < -0.4 is 5.43 Å². The van der Waals surface area contributed by atoms with Crippen LogP contribution in [0.15, 0.2) is 29.4 Å². The van der Waals surface area contributed by atoms with E-state index in [9.17, 15) is 9.59 Å². The molecule has 0 aliphatic carbocycles. The van der Waals surface area contributed by atoms with E-state index in [2.05, 4.69) is 10.5 Å². The Morgan fingerprint density at radius 1 is 1.26 bits per heavy atom. The molecule has 23 heavy (non-hydrogen) atoms. The minimum Gasteiger partial charge on any atom is -0.461 e. The molecule has 1 aromatic carbocycles. The predicted molar refractivity (Wildman–Crippen MR) is 86.5 cm³/mol. The number of nitrogens with one attached hydrogen (secondary N) is 1. The van der Waals surface area contributed by atoms with Crippen molar-refractivity contribution in [2.45, 2.75) is 13.8 Å². The summed E-state index contributed by atoms with van der Waals surface area (Å²) in [6.07, 6.45) is 0. The summed E-state index contributed by atoms with van der Waals surface area (Å²) in [5.41, 5.74) is 4.31. The predicted octanol–water partition coefficient (Wildman–Crippen LogP) is 1.51. The van der Waals surface area contributed by atoms with Gasteiger partial charge in [-0.05, 0) is 38.1 Å². The average molecular weight is 319 g/mol. The average Bonchev–Trinajstić information content (AvgIpc) is 2.60. The third-order valence-electron chi connectivity index (χ3n) is 3.35. The highest BCUT2D eigenvalue weighted by atomic mass is 16.5. The van der Waals surface area contributed by atoms with E-state index in [4.69, 9.17) is 9.47 Å². The SMILES string of the molecule is CCOC(=O)/C(C)=N\Nc1ccc(C(=O)N2CCOCC2)cc1. The summed E-state index contributed by atoms with van der Waals surface area (Å²) >= 11 is 0. The molecule has 2 rings (SSSR count). The first-order chi connectivity index (χ1) is 11.1. The molecule has 0 saturated carbocycles. The van der Waals surface area contributed by atoms with Crippen LogP contribution >= 0.6 is 0 Å². The zero-order valence-corrected chi connectivity index (χ0v) is 13.4. The molecule has 0 radical (unpaired) electrons. The van der Waals surface area contributed by atoms with Crippen LogP contribution in [0.3, 0.4) is 0 Å². The molecule has 0 spiro atoms. The second-order valence-corrected chi connectivity index (χ2v) is 5.01. The summed E-state index contributed by atoms with van der Waals surface area (Å²) in [4.78, 5) is 25.5. The van der Waals surface area contributed by atoms with Gasteiger partial charge in [0, 0.05) is 18.7 Å². The zero-order chi connectivity index (χ0) is 16.7. The van der Waals surface area contributed by atoms with E-state index in [0.29, 0.717) is 44.2 Å². The second-order valence-electron chi connectivity index (χ2n) is 5.01. The van der Waals surface area contributed by atoms with Gasteiger partial charge in [-0.15, -0.1) is 0 Å². The number of hydrazone groups is 1. The summed E-state index contributed by atoms with van der Waals surface area (Å²) in [5, 5.41) is 3.96. The van der Waals surface area contributed by atoms with Crippen molar-refractivity contribution in [1.29, 1.82) is 0 Å². The van der Waals surface area contributed by atoms with Gasteiger partial charge in [0.1, 0.15) is 5.71 Å². The molecular weight excluding hydrogens is 298 g/mol. The number of carbonyl (C=O) groups is 2. The minimum atomic E-state index is -0.459. The Kier molecular flexibility index (Phi) is 6.10. The molecule has 7 nitrogen and oxygen atoms in total. The largest absolute Gasteiger partial charge is 0.461 e. The van der Waals surface area contributed by atoms with Gasteiger partial charge >= 0.3 is 5.97 Å². The van der Waals surface area contributed by atoms with Gasteiger partial charge in [0.15, 0.2) is 0 Å². The fraction of sp³-hybridized carbons (Fsp3) is 0.438. The standard InChI is InChI=1S/C16H21N3O4/c1-3-23-16(21)12(2)17-18-14-6-4-13(5-7-14)15(20)19-8-10-22-11-9-19/h4-7,18H,3,8-11H2,1-2H3/b17-12-. The van der Waals surface area contributed by atoms with Gasteiger partial charge in [0.05, 0.1) is 25.5 Å². The Labute approximate surface area is 135 Å². The van der Waals surface area contributed by atoms with Crippen molar-refractivity contribution in [3.05, 3.63) is 29.8 Å². The third kappa shape index (κ3) is 4.79. The van der Waals surface area contributed by atoms with Crippen molar-refractivity contribution in [3.63, 3.8) is 0 Å². The number of nitrogens with zero attached hydrogens (tertiary/aromatic N) is 2. The maximum Gasteiger partial charge on any atom is 0.354 e. The van der Waals surface area contributed by atoms with E-state index in [-0.39, 0.29) is 11.6 Å². The first kappa shape index (κ1) is 17.0. The second kappa shape index (κ2) is 8.28. The highest BCUT2D eigenvalue weighted by Gasteiger charge is 2.18. The van der Waals surface area contributed by atoms with Crippen LogP contribution in [0, 0.1) is 0 Å². The molecule has 1 aliphatic rings. The number of rotatable bonds is 5. The topological polar surface area (TPSA) is 80.2 Å². The lowest BCUT2D eigenvalue weighted by Gasteiger charge is -2.26. The van der Waals surface area contributed by atoms with Gasteiger partial charge in [0.2, 0.25) is 0 Å². The molecule has 0 unspecified atom stereocenters. The smallest absolute Gasteiger partial charge is 0.354 e. The number of benzene rings is 1. The fourth-order valence-corrected chi connectivity index (χ4v) is 2.07. The lowest BCUT2D eigenvalue weighted by Crippen LogP contribution is -2.40. The van der Waals surface area contributed by atoms with Crippen LogP contribution in [0.2, 0.25) is 0 Å². The Hall–Kier alpha value is -2.41. The van der Waals surface area contributed by atoms with Crippen LogP contribution in [-0.2, 0) is 14.3 Å². The van der Waals surface area contributed by atoms with E-state index >= 15 is 0 Å². The van der Waals surface area contributed by atoms with Crippen molar-refractivity contribution >= 4 is 23.3 Å². The lowest BCUT2D eigenvalue weighted by atomic mass is 10.2. The van der Waals surface area contributed by atoms with E-state index in [1.165, 1.54) is 0 Å². The normalized spacial score (nSPS) is 15.2. The molecular formula is C16H21N3O4. The van der Waals surface area contributed by atoms with Gasteiger partial charge in [-0.2, -0.15) is 5.10 Å². The molecule has 1 aliphatic heterocycles. The summed E-state index contributed by atoms with van der Waals surface area (Å²) in [6, 6.07) is 6.95. The number of esters is 1. The highest BCUT2D eigenvalue weighted by molar-refractivity contribution is 6.35. The van der Waals surface area contributed by atoms with E-state index in [0.717, 1.165) is 0 Å². The molecule has 1 amide bonds. The van der Waals surface area contributed by atoms with Crippen molar-refractivity contribution in [2.75, 3.05) is 38.3 Å². The third-order valence-corrected chi connectivity index (χ3v) is 3.35. The molecule has 7 heteroatoms. The molecule has 1 fully saturated rings. The first-order valence-corrected chi connectivity index (χ1v) is 7.56. The molecule has 0 aromatic heterocycles. The highest BCUT2D eigenvalue weighted by Crippen LogP contribution is 2.12. The maximum atomic E-state index is 12.3. The molecule has 1 heterocycles. The van der Waals surface area contributed by atoms with Crippen molar-refractivity contribution in [2.24, 2.45) is 5.10 Å². The summed E-state index contributed by atoms with van der Waals surface area (Å²) < 4.78 is 10.1. The number of morpholine rings is 1. The minimum absolute atomic E-state index is 0.00828. The summed E-state index contributed by atoms with van der Waals surface area (Å²) in [7, 11) is 0. The lowest BCUT2D eigenvalue weighted by molar-refractivity contribution is -0.135. The quantitative estimate of drug-likeness (QED) is 0.505. The monoisotopic (exact) mass is 319 g/mol. The maximum absolute atomic E-state index is 12.3. The molecule has 0 bridgehead atoms. The summed E-state index contributed by atoms with van der Waals surface area (Å²) in [5.74, 6) is -0.467. The molecule has 1 N–H and O–H groups in total. The zero-order valence-electron chi connectivity index (χ0n) is 13.4. The Balaban J connectivity index is 1.95. The fourth-order valence-electron chi connectivity index (χ4n) is 2.07. The van der Waals surface area contributed by atoms with Gasteiger partial charge in [0.25, 0.3) is 5.91 Å². The van der Waals surface area contributed by atoms with Crippen molar-refractivity contribution in [1.82, 2.24) is 4.90 Å². The number of amides is 1. The van der Waals surface area contributed by atoms with Crippen molar-refractivity contribution < 1.29 is 19.1 Å². The van der Waals surface area contributed by atoms with Gasteiger partial charge in [-0.1, -0.05) is 0 Å². The number of anilines is 1. The number of carbonyl (C=O) groups excluding carboxylic acids is 2. The van der Waals surface area contributed by atoms with Gasteiger partial charge < -0.3 is 14.4 Å². The van der Waals surface area contributed by atoms with Crippen LogP contribution in [-0.4, -0.2) is 55.4 Å². The molecule has 1 aromatic rings. The number of hydrogen-bond donors (Lipinski definition) is 1. The Morgan fingerprint density at radius 2 is 1.91 bits per heavy atom. The van der Waals surface area contributed by atoms with Gasteiger partial charge in [-0.3, -0.25) is 10.2 Å². The van der Waals surface area contributed by atoms with E-state index in [1.54, 1.807) is 43.0 Å². The molecule has 124 valence electrons. The van der Waals surface area contributed by atoms with Crippen LogP contribution in [0.1, 0.15) is 24.2 Å². The summed E-state index contributed by atoms with van der Waals surface area (Å²) in [6.45, 7) is 6.00. The number of hydrogen-bond acceptors (Lipinski definition) is 6. The van der Waals surface area contributed by atoms with Crippen LogP contribution in [0.5, 0.6) is 0 Å². The molecule has 0 atom stereocenters. The van der Waals surface area contributed by atoms with Crippen LogP contribution in [0.25, 0.3) is 0 Å². The first-order valence-electron chi connectivity index (χ1n) is 7.56. The number of ether oxygens (including phenoxy) is 2. The van der Waals surface area contributed by atoms with E-state index < -0.39 is 5.97 Å². The van der Waals surface area contributed by atoms with Crippen LogP contribution in [0.4, 0.5) is 5.69 Å². The van der Waals surface area contributed by atoms with Crippen molar-refractivity contribution in [3.8, 4) is 0 Å².